The molecular weight excluding hydrogens is 456 g/mol. The van der Waals surface area contributed by atoms with Gasteiger partial charge in [0.15, 0.2) is 11.0 Å². The summed E-state index contributed by atoms with van der Waals surface area (Å²) in [5, 5.41) is 10.8. The summed E-state index contributed by atoms with van der Waals surface area (Å²) in [7, 11) is 0. The lowest BCUT2D eigenvalue weighted by atomic mass is 10.2. The molecule has 0 bridgehead atoms. The minimum Gasteiger partial charge on any atom is -0.334 e. The van der Waals surface area contributed by atoms with Gasteiger partial charge in [-0.25, -0.2) is 14.5 Å². The normalized spacial score (nSPS) is 11.3. The Balaban J connectivity index is 1.39. The van der Waals surface area contributed by atoms with Crippen molar-refractivity contribution in [1.29, 1.82) is 0 Å². The van der Waals surface area contributed by atoms with Crippen LogP contribution in [0.1, 0.15) is 11.1 Å². The standard InChI is InChI=1S/C24H21ClN6OS/c1-15-3-10-19(11-4-15)31-14-26-22(30-31)17-6-8-18(9-7-17)27-23(32)29-24(33)28-21-12-5-16(2)13-20(21)25/h3-14H,1-2H3,(H3,27,28,29,32,33). The number of nitrogens with one attached hydrogen (secondary N) is 2. The van der Waals surface area contributed by atoms with Crippen LogP contribution in [-0.4, -0.2) is 26.0 Å². The van der Waals surface area contributed by atoms with E-state index in [0.717, 1.165) is 16.8 Å². The lowest BCUT2D eigenvalue weighted by Crippen LogP contribution is -2.13. The predicted molar refractivity (Wildman–Crippen MR) is 137 cm³/mol. The molecule has 1 heterocycles. The Hall–Kier alpha value is -3.62. The average molecular weight is 477 g/mol. The molecule has 2 N–H and O–H groups in total. The van der Waals surface area contributed by atoms with E-state index >= 15 is 0 Å². The highest BCUT2D eigenvalue weighted by Crippen LogP contribution is 2.23. The Morgan fingerprint density at radius 3 is 2.36 bits per heavy atom. The largest absolute Gasteiger partial charge is 0.347 e. The molecule has 0 aliphatic carbocycles. The van der Waals surface area contributed by atoms with Crippen molar-refractivity contribution in [1.82, 2.24) is 14.8 Å². The summed E-state index contributed by atoms with van der Waals surface area (Å²) in [6, 6.07) is 20.2. The number of anilines is 2. The number of hydrogen-bond acceptors (Lipinski definition) is 3. The average Bonchev–Trinajstić information content (AvgIpc) is 3.27. The first-order valence-electron chi connectivity index (χ1n) is 10.1. The molecule has 0 unspecified atom stereocenters. The molecular formula is C24H21ClN6OS. The van der Waals surface area contributed by atoms with Gasteiger partial charge in [-0.3, -0.25) is 0 Å². The predicted octanol–water partition coefficient (Wildman–Crippen LogP) is 6.13. The molecule has 0 radical (unpaired) electrons. The summed E-state index contributed by atoms with van der Waals surface area (Å²) in [5.41, 5.74) is 5.17. The van der Waals surface area contributed by atoms with Crippen LogP contribution in [0.15, 0.2) is 78.0 Å². The van der Waals surface area contributed by atoms with Crippen LogP contribution in [0.3, 0.4) is 0 Å². The van der Waals surface area contributed by atoms with Gasteiger partial charge < -0.3 is 10.6 Å². The number of rotatable bonds is 4. The van der Waals surface area contributed by atoms with Gasteiger partial charge in [-0.05, 0) is 67.9 Å². The Morgan fingerprint density at radius 2 is 1.67 bits per heavy atom. The summed E-state index contributed by atoms with van der Waals surface area (Å²) in [6.07, 6.45) is 1.67. The number of amidine groups is 1. The third-order valence-electron chi connectivity index (χ3n) is 4.76. The maximum absolute atomic E-state index is 12.2. The number of benzene rings is 3. The molecule has 0 saturated heterocycles. The van der Waals surface area contributed by atoms with Gasteiger partial charge >= 0.3 is 6.03 Å². The van der Waals surface area contributed by atoms with Crippen LogP contribution < -0.4 is 10.6 Å². The van der Waals surface area contributed by atoms with Crippen molar-refractivity contribution in [3.8, 4) is 17.1 Å². The first-order chi connectivity index (χ1) is 15.9. The maximum Gasteiger partial charge on any atom is 0.347 e. The molecule has 33 heavy (non-hydrogen) atoms. The summed E-state index contributed by atoms with van der Waals surface area (Å²) in [6.45, 7) is 3.98. The van der Waals surface area contributed by atoms with E-state index in [-0.39, 0.29) is 5.17 Å². The number of aromatic nitrogens is 3. The smallest absolute Gasteiger partial charge is 0.334 e. The summed E-state index contributed by atoms with van der Waals surface area (Å²) < 4.78 is 1.72. The number of carbonyl (C=O) groups excluding carboxylic acids is 1. The van der Waals surface area contributed by atoms with Gasteiger partial charge in [0.1, 0.15) is 6.33 Å². The highest BCUT2D eigenvalue weighted by Gasteiger charge is 2.08. The van der Waals surface area contributed by atoms with Crippen molar-refractivity contribution < 1.29 is 4.79 Å². The Bertz CT molecular complexity index is 1320. The van der Waals surface area contributed by atoms with E-state index in [4.69, 9.17) is 11.6 Å². The van der Waals surface area contributed by atoms with Crippen LogP contribution in [0.4, 0.5) is 16.2 Å². The zero-order chi connectivity index (χ0) is 23.4. The van der Waals surface area contributed by atoms with Crippen molar-refractivity contribution in [2.75, 3.05) is 10.6 Å². The van der Waals surface area contributed by atoms with E-state index in [9.17, 15) is 4.79 Å². The summed E-state index contributed by atoms with van der Waals surface area (Å²) >= 11 is 10.4. The fraction of sp³-hybridized carbons (Fsp3) is 0.0833. The number of urea groups is 1. The number of aryl methyl sites for hydroxylation is 2. The number of nitrogens with zero attached hydrogens (tertiary/aromatic N) is 4. The van der Waals surface area contributed by atoms with Crippen LogP contribution in [0.25, 0.3) is 17.1 Å². The lowest BCUT2D eigenvalue weighted by molar-refractivity contribution is 0.259. The van der Waals surface area contributed by atoms with E-state index < -0.39 is 6.03 Å². The molecule has 0 aliphatic rings. The third kappa shape index (κ3) is 5.79. The zero-order valence-corrected chi connectivity index (χ0v) is 19.6. The first-order valence-corrected chi connectivity index (χ1v) is 10.9. The molecule has 2 amide bonds. The van der Waals surface area contributed by atoms with Gasteiger partial charge in [0.2, 0.25) is 0 Å². The van der Waals surface area contributed by atoms with E-state index in [1.54, 1.807) is 29.2 Å². The van der Waals surface area contributed by atoms with Gasteiger partial charge in [-0.2, -0.15) is 4.99 Å². The molecule has 7 nitrogen and oxygen atoms in total. The molecule has 9 heteroatoms. The molecule has 0 spiro atoms. The number of amides is 2. The second-order valence-corrected chi connectivity index (χ2v) is 8.23. The second-order valence-electron chi connectivity index (χ2n) is 7.40. The SMILES string of the molecule is Cc1ccc(-n2cnc(-c3ccc(NC(=O)/N=C(\S)Nc4ccc(C)cc4Cl)cc3)n2)cc1. The third-order valence-corrected chi connectivity index (χ3v) is 5.29. The number of carbonyl (C=O) groups is 1. The van der Waals surface area contributed by atoms with Crippen molar-refractivity contribution >= 4 is 46.8 Å². The van der Waals surface area contributed by atoms with E-state index in [1.165, 1.54) is 5.56 Å². The number of aliphatic imine (C=N–C) groups is 1. The van der Waals surface area contributed by atoms with Gasteiger partial charge in [0.05, 0.1) is 16.4 Å². The topological polar surface area (TPSA) is 84.2 Å². The fourth-order valence-electron chi connectivity index (χ4n) is 3.04. The van der Waals surface area contributed by atoms with Crippen molar-refractivity contribution in [3.05, 3.63) is 89.2 Å². The van der Waals surface area contributed by atoms with Crippen LogP contribution in [0.2, 0.25) is 5.02 Å². The second kappa shape index (κ2) is 9.89. The molecule has 0 atom stereocenters. The monoisotopic (exact) mass is 476 g/mol. The highest BCUT2D eigenvalue weighted by atomic mass is 35.5. The maximum atomic E-state index is 12.2. The first kappa shape index (κ1) is 22.6. The summed E-state index contributed by atoms with van der Waals surface area (Å²) in [4.78, 5) is 20.5. The Kier molecular flexibility index (Phi) is 6.76. The quantitative estimate of drug-likeness (QED) is 0.188. The van der Waals surface area contributed by atoms with E-state index in [1.807, 2.05) is 62.4 Å². The van der Waals surface area contributed by atoms with Gasteiger partial charge in [0, 0.05) is 11.3 Å². The molecule has 3 aromatic carbocycles. The minimum atomic E-state index is -0.565. The minimum absolute atomic E-state index is 0.126. The Morgan fingerprint density at radius 1 is 0.970 bits per heavy atom. The molecule has 1 aromatic heterocycles. The summed E-state index contributed by atoms with van der Waals surface area (Å²) in [5.74, 6) is 0.586. The van der Waals surface area contributed by atoms with E-state index in [2.05, 4.69) is 38.3 Å². The van der Waals surface area contributed by atoms with Crippen molar-refractivity contribution in [3.63, 3.8) is 0 Å². The van der Waals surface area contributed by atoms with Crippen LogP contribution in [0, 0.1) is 13.8 Å². The van der Waals surface area contributed by atoms with Crippen LogP contribution in [-0.2, 0) is 0 Å². The molecule has 0 fully saturated rings. The number of thiol groups is 1. The van der Waals surface area contributed by atoms with Gasteiger partial charge in [0.25, 0.3) is 0 Å². The number of hydrogen-bond donors (Lipinski definition) is 3. The van der Waals surface area contributed by atoms with E-state index in [0.29, 0.717) is 22.2 Å². The van der Waals surface area contributed by atoms with Gasteiger partial charge in [-0.15, -0.1) is 17.7 Å². The molecule has 4 rings (SSSR count). The van der Waals surface area contributed by atoms with Crippen molar-refractivity contribution in [2.45, 2.75) is 13.8 Å². The molecule has 0 aliphatic heterocycles. The highest BCUT2D eigenvalue weighted by molar-refractivity contribution is 7.97. The van der Waals surface area contributed by atoms with Crippen molar-refractivity contribution in [2.24, 2.45) is 4.99 Å². The molecule has 4 aromatic rings. The number of halogens is 1. The zero-order valence-electron chi connectivity index (χ0n) is 18.0. The molecule has 166 valence electrons. The van der Waals surface area contributed by atoms with Crippen LogP contribution in [0.5, 0.6) is 0 Å². The lowest BCUT2D eigenvalue weighted by Gasteiger charge is -2.08. The van der Waals surface area contributed by atoms with Crippen LogP contribution >= 0.6 is 24.2 Å². The fourth-order valence-corrected chi connectivity index (χ4v) is 3.53. The van der Waals surface area contributed by atoms with Gasteiger partial charge in [-0.1, -0.05) is 35.4 Å². The molecule has 0 saturated carbocycles. The Labute approximate surface area is 202 Å².